The fraction of sp³-hybridized carbons (Fsp3) is 0.857. The number of halogens is 1. The van der Waals surface area contributed by atoms with Crippen molar-refractivity contribution in [3.8, 4) is 6.07 Å². The lowest BCUT2D eigenvalue weighted by atomic mass is 10.0. The molecule has 0 unspecified atom stereocenters. The molecule has 4 nitrogen and oxygen atoms in total. The van der Waals surface area contributed by atoms with E-state index in [2.05, 4.69) is 6.07 Å². The maximum absolute atomic E-state index is 11.3. The van der Waals surface area contributed by atoms with Crippen LogP contribution in [-0.2, 0) is 10.0 Å². The van der Waals surface area contributed by atoms with Gasteiger partial charge in [-0.2, -0.15) is 5.26 Å². The highest BCUT2D eigenvalue weighted by molar-refractivity contribution is 7.90. The molecule has 1 heterocycles. The predicted octanol–water partition coefficient (Wildman–Crippen LogP) is 0.748. The molecule has 0 aromatic heterocycles. The normalized spacial score (nSPS) is 21.2. The lowest BCUT2D eigenvalue weighted by Crippen LogP contribution is -2.38. The van der Waals surface area contributed by atoms with E-state index in [9.17, 15) is 8.42 Å². The first-order chi connectivity index (χ1) is 6.10. The number of hydrogen-bond acceptors (Lipinski definition) is 3. The first kappa shape index (κ1) is 10.8. The second-order valence-corrected chi connectivity index (χ2v) is 5.58. The van der Waals surface area contributed by atoms with Gasteiger partial charge in [0.1, 0.15) is 5.21 Å². The molecule has 1 fully saturated rings. The third kappa shape index (κ3) is 2.56. The van der Waals surface area contributed by atoms with Crippen molar-refractivity contribution < 1.29 is 8.42 Å². The van der Waals surface area contributed by atoms with Crippen LogP contribution in [0.25, 0.3) is 0 Å². The van der Waals surface area contributed by atoms with E-state index < -0.39 is 10.0 Å². The number of nitriles is 1. The predicted molar refractivity (Wildman–Crippen MR) is 49.5 cm³/mol. The summed E-state index contributed by atoms with van der Waals surface area (Å²) in [5.74, 6) is 0.00164. The Bertz CT molecular complexity index is 301. The number of alkyl halides is 1. The van der Waals surface area contributed by atoms with Crippen molar-refractivity contribution in [3.05, 3.63) is 0 Å². The molecule has 1 saturated heterocycles. The molecule has 0 aromatic carbocycles. The minimum Gasteiger partial charge on any atom is -0.211 e. The maximum atomic E-state index is 11.3. The van der Waals surface area contributed by atoms with Crippen LogP contribution in [0.3, 0.4) is 0 Å². The second kappa shape index (κ2) is 4.27. The summed E-state index contributed by atoms with van der Waals surface area (Å²) >= 11 is 5.30. The SMILES string of the molecule is N#CC1CCN(S(=O)(=O)CCl)CC1. The molecule has 0 spiro atoms. The summed E-state index contributed by atoms with van der Waals surface area (Å²) < 4.78 is 23.9. The van der Waals surface area contributed by atoms with E-state index in [-0.39, 0.29) is 11.1 Å². The van der Waals surface area contributed by atoms with Gasteiger partial charge in [0.2, 0.25) is 10.0 Å². The molecule has 0 atom stereocenters. The zero-order chi connectivity index (χ0) is 9.90. The van der Waals surface area contributed by atoms with Crippen molar-refractivity contribution in [2.45, 2.75) is 12.8 Å². The van der Waals surface area contributed by atoms with Crippen LogP contribution in [0.1, 0.15) is 12.8 Å². The summed E-state index contributed by atoms with van der Waals surface area (Å²) in [6.45, 7) is 0.848. The Labute approximate surface area is 83.1 Å². The fourth-order valence-corrected chi connectivity index (χ4v) is 2.65. The topological polar surface area (TPSA) is 61.2 Å². The standard InChI is InChI=1S/C7H11ClN2O2S/c8-6-13(11,12)10-3-1-7(5-9)2-4-10/h7H,1-4,6H2. The zero-order valence-electron chi connectivity index (χ0n) is 7.11. The average molecular weight is 223 g/mol. The molecule has 6 heteroatoms. The summed E-state index contributed by atoms with van der Waals surface area (Å²) in [5, 5.41) is 8.22. The number of sulfonamides is 1. The number of nitrogens with zero attached hydrogens (tertiary/aromatic N) is 2. The van der Waals surface area contributed by atoms with Gasteiger partial charge < -0.3 is 0 Å². The average Bonchev–Trinajstić information content (AvgIpc) is 2.18. The number of hydrogen-bond donors (Lipinski definition) is 0. The van der Waals surface area contributed by atoms with Crippen molar-refractivity contribution in [2.75, 3.05) is 18.3 Å². The number of piperidine rings is 1. The molecule has 0 aliphatic carbocycles. The van der Waals surface area contributed by atoms with Crippen LogP contribution in [0.15, 0.2) is 0 Å². The molecule has 0 N–H and O–H groups in total. The number of rotatable bonds is 2. The summed E-state index contributed by atoms with van der Waals surface area (Å²) in [6, 6.07) is 2.14. The van der Waals surface area contributed by atoms with Crippen LogP contribution in [-0.4, -0.2) is 31.0 Å². The van der Waals surface area contributed by atoms with Gasteiger partial charge in [0.25, 0.3) is 0 Å². The summed E-state index contributed by atoms with van der Waals surface area (Å²) in [7, 11) is -3.26. The van der Waals surface area contributed by atoms with E-state index in [0.717, 1.165) is 0 Å². The van der Waals surface area contributed by atoms with E-state index in [1.54, 1.807) is 0 Å². The smallest absolute Gasteiger partial charge is 0.211 e. The second-order valence-electron chi connectivity index (χ2n) is 3.02. The van der Waals surface area contributed by atoms with Gasteiger partial charge in [-0.05, 0) is 12.8 Å². The van der Waals surface area contributed by atoms with Crippen molar-refractivity contribution in [1.82, 2.24) is 4.31 Å². The first-order valence-corrected chi connectivity index (χ1v) is 6.18. The van der Waals surface area contributed by atoms with Crippen molar-refractivity contribution in [2.24, 2.45) is 5.92 Å². The van der Waals surface area contributed by atoms with Gasteiger partial charge >= 0.3 is 0 Å². The molecular formula is C7H11ClN2O2S. The van der Waals surface area contributed by atoms with Crippen molar-refractivity contribution >= 4 is 21.6 Å². The van der Waals surface area contributed by atoms with Gasteiger partial charge in [-0.25, -0.2) is 12.7 Å². The minimum absolute atomic E-state index is 0.00164. The molecule has 0 radical (unpaired) electrons. The van der Waals surface area contributed by atoms with Crippen LogP contribution in [0.2, 0.25) is 0 Å². The van der Waals surface area contributed by atoms with Crippen LogP contribution in [0, 0.1) is 17.2 Å². The Balaban J connectivity index is 2.56. The summed E-state index contributed by atoms with van der Waals surface area (Å²) in [4.78, 5) is 0. The quantitative estimate of drug-likeness (QED) is 0.648. The van der Waals surface area contributed by atoms with Crippen LogP contribution in [0.5, 0.6) is 0 Å². The highest BCUT2D eigenvalue weighted by Crippen LogP contribution is 2.19. The van der Waals surface area contributed by atoms with E-state index in [0.29, 0.717) is 25.9 Å². The molecule has 0 amide bonds. The third-order valence-electron chi connectivity index (χ3n) is 2.17. The molecule has 1 aliphatic rings. The summed E-state index contributed by atoms with van der Waals surface area (Å²) in [5.41, 5.74) is 0. The molecule has 1 rings (SSSR count). The largest absolute Gasteiger partial charge is 0.228 e. The van der Waals surface area contributed by atoms with E-state index in [4.69, 9.17) is 16.9 Å². The van der Waals surface area contributed by atoms with Gasteiger partial charge in [-0.3, -0.25) is 0 Å². The lowest BCUT2D eigenvalue weighted by molar-refractivity contribution is 0.311. The maximum Gasteiger partial charge on any atom is 0.228 e. The molecular weight excluding hydrogens is 212 g/mol. The third-order valence-corrected chi connectivity index (χ3v) is 4.42. The van der Waals surface area contributed by atoms with E-state index in [1.807, 2.05) is 0 Å². The van der Waals surface area contributed by atoms with E-state index in [1.165, 1.54) is 4.31 Å². The molecule has 74 valence electrons. The minimum atomic E-state index is -3.26. The highest BCUT2D eigenvalue weighted by atomic mass is 35.5. The van der Waals surface area contributed by atoms with Gasteiger partial charge in [-0.15, -0.1) is 11.6 Å². The lowest BCUT2D eigenvalue weighted by Gasteiger charge is -2.27. The van der Waals surface area contributed by atoms with Crippen LogP contribution >= 0.6 is 11.6 Å². The Hall–Kier alpha value is -0.310. The molecule has 1 aliphatic heterocycles. The van der Waals surface area contributed by atoms with Crippen molar-refractivity contribution in [1.29, 1.82) is 5.26 Å². The first-order valence-electron chi connectivity index (χ1n) is 4.03. The van der Waals surface area contributed by atoms with Gasteiger partial charge in [0.05, 0.1) is 6.07 Å². The Morgan fingerprint density at radius 3 is 2.38 bits per heavy atom. The van der Waals surface area contributed by atoms with Crippen LogP contribution in [0.4, 0.5) is 0 Å². The monoisotopic (exact) mass is 222 g/mol. The van der Waals surface area contributed by atoms with Gasteiger partial charge in [0, 0.05) is 19.0 Å². The van der Waals surface area contributed by atoms with Crippen LogP contribution < -0.4 is 0 Å². The Morgan fingerprint density at radius 2 is 2.00 bits per heavy atom. The van der Waals surface area contributed by atoms with Gasteiger partial charge in [0.15, 0.2) is 0 Å². The highest BCUT2D eigenvalue weighted by Gasteiger charge is 2.26. The molecule has 0 saturated carbocycles. The van der Waals surface area contributed by atoms with Crippen molar-refractivity contribution in [3.63, 3.8) is 0 Å². The Kier molecular flexibility index (Phi) is 3.54. The Morgan fingerprint density at radius 1 is 1.46 bits per heavy atom. The summed E-state index contributed by atoms with van der Waals surface area (Å²) in [6.07, 6.45) is 1.24. The molecule has 13 heavy (non-hydrogen) atoms. The molecule has 0 aromatic rings. The fourth-order valence-electron chi connectivity index (χ4n) is 1.33. The van der Waals surface area contributed by atoms with E-state index >= 15 is 0 Å². The zero-order valence-corrected chi connectivity index (χ0v) is 8.68. The van der Waals surface area contributed by atoms with Gasteiger partial charge in [-0.1, -0.05) is 0 Å². The molecule has 0 bridgehead atoms.